The van der Waals surface area contributed by atoms with Crippen LogP contribution in [0.2, 0.25) is 0 Å². The standard InChI is InChI=1S/C16H18N2O/c1-3-9-16(2,17)10-8-12-6-7-14(19)15-13(12)5-4-11-18-15/h1,4-7,11,19H,8-10,17H2,2H3. The van der Waals surface area contributed by atoms with Crippen molar-refractivity contribution in [3.8, 4) is 18.1 Å². The molecule has 1 heterocycles. The Morgan fingerprint density at radius 2 is 2.21 bits per heavy atom. The van der Waals surface area contributed by atoms with Gasteiger partial charge in [0.05, 0.1) is 0 Å². The Kier molecular flexibility index (Phi) is 3.73. The zero-order valence-corrected chi connectivity index (χ0v) is 11.1. The van der Waals surface area contributed by atoms with E-state index in [2.05, 4.69) is 10.9 Å². The van der Waals surface area contributed by atoms with E-state index in [0.717, 1.165) is 23.8 Å². The van der Waals surface area contributed by atoms with Gasteiger partial charge in [0.15, 0.2) is 0 Å². The minimum atomic E-state index is -0.360. The van der Waals surface area contributed by atoms with Crippen LogP contribution in [0.5, 0.6) is 5.75 Å². The van der Waals surface area contributed by atoms with E-state index in [1.165, 1.54) is 0 Å². The first kappa shape index (κ1) is 13.4. The number of nitrogens with zero attached hydrogens (tertiary/aromatic N) is 1. The maximum absolute atomic E-state index is 9.79. The third kappa shape index (κ3) is 3.04. The lowest BCUT2D eigenvalue weighted by Gasteiger charge is -2.22. The van der Waals surface area contributed by atoms with Crippen molar-refractivity contribution in [1.29, 1.82) is 0 Å². The van der Waals surface area contributed by atoms with Gasteiger partial charge < -0.3 is 10.8 Å². The molecule has 0 aliphatic carbocycles. The third-order valence-corrected chi connectivity index (χ3v) is 3.31. The van der Waals surface area contributed by atoms with Crippen LogP contribution in [0.1, 0.15) is 25.3 Å². The first-order chi connectivity index (χ1) is 9.03. The van der Waals surface area contributed by atoms with Crippen molar-refractivity contribution in [3.05, 3.63) is 36.0 Å². The van der Waals surface area contributed by atoms with Crippen LogP contribution in [0.4, 0.5) is 0 Å². The van der Waals surface area contributed by atoms with E-state index in [9.17, 15) is 5.11 Å². The first-order valence-electron chi connectivity index (χ1n) is 6.31. The summed E-state index contributed by atoms with van der Waals surface area (Å²) in [5.41, 5.74) is 7.55. The lowest BCUT2D eigenvalue weighted by atomic mass is 9.90. The van der Waals surface area contributed by atoms with Gasteiger partial charge in [-0.2, -0.15) is 0 Å². The highest BCUT2D eigenvalue weighted by Crippen LogP contribution is 2.27. The minimum absolute atomic E-state index is 0.207. The van der Waals surface area contributed by atoms with Gasteiger partial charge in [-0.3, -0.25) is 4.98 Å². The van der Waals surface area contributed by atoms with Crippen molar-refractivity contribution in [2.24, 2.45) is 5.73 Å². The molecule has 0 fully saturated rings. The number of benzene rings is 1. The highest BCUT2D eigenvalue weighted by atomic mass is 16.3. The van der Waals surface area contributed by atoms with Crippen LogP contribution in [0.15, 0.2) is 30.5 Å². The van der Waals surface area contributed by atoms with Gasteiger partial charge in [0.1, 0.15) is 11.3 Å². The molecule has 19 heavy (non-hydrogen) atoms. The van der Waals surface area contributed by atoms with Gasteiger partial charge in [-0.1, -0.05) is 12.1 Å². The maximum atomic E-state index is 9.79. The Morgan fingerprint density at radius 1 is 1.42 bits per heavy atom. The number of aryl methyl sites for hydroxylation is 1. The Morgan fingerprint density at radius 3 is 2.95 bits per heavy atom. The second-order valence-electron chi connectivity index (χ2n) is 5.18. The zero-order valence-electron chi connectivity index (χ0n) is 11.1. The van der Waals surface area contributed by atoms with Crippen LogP contribution in [0.25, 0.3) is 10.9 Å². The number of nitrogens with two attached hydrogens (primary N) is 1. The summed E-state index contributed by atoms with van der Waals surface area (Å²) in [5.74, 6) is 2.82. The number of terminal acetylenes is 1. The van der Waals surface area contributed by atoms with E-state index in [-0.39, 0.29) is 11.3 Å². The van der Waals surface area contributed by atoms with E-state index in [4.69, 9.17) is 12.2 Å². The van der Waals surface area contributed by atoms with Gasteiger partial charge in [0, 0.05) is 23.5 Å². The Hall–Kier alpha value is -2.05. The van der Waals surface area contributed by atoms with Crippen molar-refractivity contribution in [3.63, 3.8) is 0 Å². The molecule has 2 aromatic rings. The fraction of sp³-hybridized carbons (Fsp3) is 0.312. The number of aromatic hydroxyl groups is 1. The van der Waals surface area contributed by atoms with Gasteiger partial charge in [-0.05, 0) is 37.5 Å². The monoisotopic (exact) mass is 254 g/mol. The molecule has 0 bridgehead atoms. The van der Waals surface area contributed by atoms with Crippen LogP contribution < -0.4 is 5.73 Å². The molecule has 0 saturated carbocycles. The molecule has 1 unspecified atom stereocenters. The first-order valence-corrected chi connectivity index (χ1v) is 6.31. The van der Waals surface area contributed by atoms with Gasteiger partial charge in [-0.25, -0.2) is 0 Å². The molecule has 0 spiro atoms. The minimum Gasteiger partial charge on any atom is -0.506 e. The maximum Gasteiger partial charge on any atom is 0.141 e. The second kappa shape index (κ2) is 5.29. The summed E-state index contributed by atoms with van der Waals surface area (Å²) >= 11 is 0. The van der Waals surface area contributed by atoms with Gasteiger partial charge in [-0.15, -0.1) is 12.3 Å². The van der Waals surface area contributed by atoms with Crippen molar-refractivity contribution in [2.45, 2.75) is 31.7 Å². The van der Waals surface area contributed by atoms with Crippen LogP contribution >= 0.6 is 0 Å². The Balaban J connectivity index is 2.27. The summed E-state index contributed by atoms with van der Waals surface area (Å²) in [6, 6.07) is 7.44. The Labute approximate surface area is 113 Å². The summed E-state index contributed by atoms with van der Waals surface area (Å²) < 4.78 is 0. The van der Waals surface area contributed by atoms with Crippen LogP contribution in [0.3, 0.4) is 0 Å². The normalized spacial score (nSPS) is 13.9. The SMILES string of the molecule is C#CCC(C)(N)CCc1ccc(O)c2ncccc12. The number of phenols is 1. The topological polar surface area (TPSA) is 59.1 Å². The van der Waals surface area contributed by atoms with Gasteiger partial charge >= 0.3 is 0 Å². The predicted octanol–water partition coefficient (Wildman–Crippen LogP) is 2.61. The van der Waals surface area contributed by atoms with E-state index >= 15 is 0 Å². The van der Waals surface area contributed by atoms with Gasteiger partial charge in [0.2, 0.25) is 0 Å². The largest absolute Gasteiger partial charge is 0.506 e. The van der Waals surface area contributed by atoms with E-state index < -0.39 is 0 Å². The number of hydrogen-bond acceptors (Lipinski definition) is 3. The molecule has 2 rings (SSSR count). The molecule has 1 atom stereocenters. The molecule has 1 aromatic carbocycles. The summed E-state index contributed by atoms with van der Waals surface area (Å²) in [6.07, 6.45) is 9.17. The van der Waals surface area contributed by atoms with Crippen LogP contribution in [0, 0.1) is 12.3 Å². The number of hydrogen-bond donors (Lipinski definition) is 2. The molecule has 0 radical (unpaired) electrons. The summed E-state index contributed by atoms with van der Waals surface area (Å²) in [5, 5.41) is 10.8. The lowest BCUT2D eigenvalue weighted by Crippen LogP contribution is -2.36. The average molecular weight is 254 g/mol. The summed E-state index contributed by atoms with van der Waals surface area (Å²) in [7, 11) is 0. The van der Waals surface area contributed by atoms with E-state index in [0.29, 0.717) is 11.9 Å². The zero-order chi connectivity index (χ0) is 13.9. The van der Waals surface area contributed by atoms with Gasteiger partial charge in [0.25, 0.3) is 0 Å². The number of aromatic nitrogens is 1. The van der Waals surface area contributed by atoms with Crippen LogP contribution in [-0.2, 0) is 6.42 Å². The average Bonchev–Trinajstić information content (AvgIpc) is 2.38. The molecule has 1 aromatic heterocycles. The fourth-order valence-electron chi connectivity index (χ4n) is 2.18. The van der Waals surface area contributed by atoms with Crippen LogP contribution in [-0.4, -0.2) is 15.6 Å². The van der Waals surface area contributed by atoms with Crippen molar-refractivity contribution in [1.82, 2.24) is 4.98 Å². The fourth-order valence-corrected chi connectivity index (χ4v) is 2.18. The highest BCUT2D eigenvalue weighted by molar-refractivity contribution is 5.87. The smallest absolute Gasteiger partial charge is 0.141 e. The number of fused-ring (bicyclic) bond motifs is 1. The molecular formula is C16H18N2O. The quantitative estimate of drug-likeness (QED) is 0.824. The predicted molar refractivity (Wildman–Crippen MR) is 77.8 cm³/mol. The molecule has 0 saturated heterocycles. The highest BCUT2D eigenvalue weighted by Gasteiger charge is 2.17. The second-order valence-corrected chi connectivity index (χ2v) is 5.18. The lowest BCUT2D eigenvalue weighted by molar-refractivity contribution is 0.444. The molecule has 3 heteroatoms. The molecule has 0 aliphatic rings. The van der Waals surface area contributed by atoms with Crippen molar-refractivity contribution in [2.75, 3.05) is 0 Å². The number of rotatable bonds is 4. The molecule has 98 valence electrons. The molecule has 3 N–H and O–H groups in total. The molecule has 3 nitrogen and oxygen atoms in total. The summed E-state index contributed by atoms with van der Waals surface area (Å²) in [6.45, 7) is 1.97. The number of phenolic OH excluding ortho intramolecular Hbond substituents is 1. The summed E-state index contributed by atoms with van der Waals surface area (Å²) in [4.78, 5) is 4.21. The van der Waals surface area contributed by atoms with E-state index in [1.54, 1.807) is 12.3 Å². The van der Waals surface area contributed by atoms with Crippen molar-refractivity contribution < 1.29 is 5.11 Å². The van der Waals surface area contributed by atoms with E-state index in [1.807, 2.05) is 25.1 Å². The molecule has 0 amide bonds. The number of pyridine rings is 1. The molecular weight excluding hydrogens is 236 g/mol. The van der Waals surface area contributed by atoms with Crippen molar-refractivity contribution >= 4 is 10.9 Å². The molecule has 0 aliphatic heterocycles. The Bertz CT molecular complexity index is 626. The third-order valence-electron chi connectivity index (χ3n) is 3.31.